The van der Waals surface area contributed by atoms with Crippen LogP contribution in [-0.2, 0) is 6.42 Å². The van der Waals surface area contributed by atoms with Crippen LogP contribution >= 0.6 is 23.2 Å². The fraction of sp³-hybridized carbons (Fsp3) is 0.333. The van der Waals surface area contributed by atoms with E-state index in [4.69, 9.17) is 23.2 Å². The normalized spacial score (nSPS) is 10.2. The number of rotatable bonds is 1. The van der Waals surface area contributed by atoms with Crippen LogP contribution in [0.1, 0.15) is 18.1 Å². The van der Waals surface area contributed by atoms with Crippen LogP contribution in [0.25, 0.3) is 0 Å². The highest BCUT2D eigenvalue weighted by Gasteiger charge is 2.01. The van der Waals surface area contributed by atoms with Crippen LogP contribution in [0, 0.1) is 6.92 Å². The number of benzene rings is 1. The molecule has 0 spiro atoms. The van der Waals surface area contributed by atoms with E-state index in [9.17, 15) is 0 Å². The third-order valence-corrected chi connectivity index (χ3v) is 2.53. The number of hydrogen-bond donors (Lipinski definition) is 0. The lowest BCUT2D eigenvalue weighted by atomic mass is 10.1. The molecule has 1 aromatic rings. The van der Waals surface area contributed by atoms with Gasteiger partial charge in [-0.3, -0.25) is 0 Å². The third-order valence-electron chi connectivity index (χ3n) is 1.75. The predicted molar refractivity (Wildman–Crippen MR) is 50.6 cm³/mol. The molecule has 60 valence electrons. The minimum Gasteiger partial charge on any atom is -0.0840 e. The summed E-state index contributed by atoms with van der Waals surface area (Å²) in [6.45, 7) is 4.00. The van der Waals surface area contributed by atoms with Crippen LogP contribution in [0.3, 0.4) is 0 Å². The highest BCUT2D eigenvalue weighted by molar-refractivity contribution is 6.36. The monoisotopic (exact) mass is 188 g/mol. The van der Waals surface area contributed by atoms with Gasteiger partial charge >= 0.3 is 0 Å². The maximum Gasteiger partial charge on any atom is 0.0452 e. The molecule has 1 aromatic carbocycles. The van der Waals surface area contributed by atoms with E-state index in [0.717, 1.165) is 22.0 Å². The second-order valence-electron chi connectivity index (χ2n) is 2.54. The summed E-state index contributed by atoms with van der Waals surface area (Å²) in [4.78, 5) is 0. The van der Waals surface area contributed by atoms with Crippen molar-refractivity contribution < 1.29 is 0 Å². The molecule has 0 aliphatic rings. The first-order valence-corrected chi connectivity index (χ1v) is 4.35. The molecule has 0 aliphatic carbocycles. The van der Waals surface area contributed by atoms with Gasteiger partial charge in [-0.2, -0.15) is 0 Å². The van der Waals surface area contributed by atoms with Gasteiger partial charge in [0.25, 0.3) is 0 Å². The Morgan fingerprint density at radius 3 is 2.00 bits per heavy atom. The van der Waals surface area contributed by atoms with Crippen LogP contribution in [-0.4, -0.2) is 0 Å². The quantitative estimate of drug-likeness (QED) is 0.629. The highest BCUT2D eigenvalue weighted by atomic mass is 35.5. The van der Waals surface area contributed by atoms with E-state index < -0.39 is 0 Å². The summed E-state index contributed by atoms with van der Waals surface area (Å²) in [5.74, 6) is 0. The van der Waals surface area contributed by atoms with Crippen LogP contribution < -0.4 is 0 Å². The zero-order chi connectivity index (χ0) is 8.43. The molecule has 0 aliphatic heterocycles. The van der Waals surface area contributed by atoms with Gasteiger partial charge in [0.2, 0.25) is 0 Å². The first kappa shape index (κ1) is 8.89. The molecule has 0 nitrogen and oxygen atoms in total. The molecule has 0 fully saturated rings. The zero-order valence-electron chi connectivity index (χ0n) is 6.62. The van der Waals surface area contributed by atoms with Gasteiger partial charge in [-0.05, 0) is 36.6 Å². The maximum atomic E-state index is 5.91. The lowest BCUT2D eigenvalue weighted by Gasteiger charge is -2.03. The molecule has 0 N–H and O–H groups in total. The fourth-order valence-electron chi connectivity index (χ4n) is 0.902. The lowest BCUT2D eigenvalue weighted by Crippen LogP contribution is -1.83. The summed E-state index contributed by atoms with van der Waals surface area (Å²) in [7, 11) is 0. The van der Waals surface area contributed by atoms with E-state index in [1.165, 1.54) is 5.56 Å². The summed E-state index contributed by atoms with van der Waals surface area (Å²) in [5.41, 5.74) is 2.15. The van der Waals surface area contributed by atoms with Crippen molar-refractivity contribution in [2.45, 2.75) is 20.3 Å². The summed E-state index contributed by atoms with van der Waals surface area (Å²) < 4.78 is 0. The Hall–Kier alpha value is -0.200. The molecule has 0 bridgehead atoms. The van der Waals surface area contributed by atoms with Gasteiger partial charge in [0.05, 0.1) is 0 Å². The van der Waals surface area contributed by atoms with Gasteiger partial charge in [0.15, 0.2) is 0 Å². The van der Waals surface area contributed by atoms with E-state index in [-0.39, 0.29) is 0 Å². The predicted octanol–water partition coefficient (Wildman–Crippen LogP) is 3.86. The maximum absolute atomic E-state index is 5.91. The Bertz CT molecular complexity index is 243. The average Bonchev–Trinajstić information content (AvgIpc) is 1.99. The third kappa shape index (κ3) is 1.88. The number of aryl methyl sites for hydroxylation is 1. The van der Waals surface area contributed by atoms with Crippen molar-refractivity contribution in [3.8, 4) is 0 Å². The van der Waals surface area contributed by atoms with Crippen molar-refractivity contribution in [2.75, 3.05) is 0 Å². The summed E-state index contributed by atoms with van der Waals surface area (Å²) in [6.07, 6.45) is 0.972. The van der Waals surface area contributed by atoms with Crippen molar-refractivity contribution >= 4 is 23.2 Å². The molecule has 0 saturated heterocycles. The van der Waals surface area contributed by atoms with Gasteiger partial charge in [-0.1, -0.05) is 30.1 Å². The topological polar surface area (TPSA) is 0 Å². The Morgan fingerprint density at radius 2 is 1.64 bits per heavy atom. The SMILES string of the molecule is CCc1cc(Cl)c(C)c(Cl)c1. The van der Waals surface area contributed by atoms with Crippen LogP contribution in [0.5, 0.6) is 0 Å². The Morgan fingerprint density at radius 1 is 1.18 bits per heavy atom. The minimum atomic E-state index is 0.759. The molecule has 0 heterocycles. The minimum absolute atomic E-state index is 0.759. The van der Waals surface area contributed by atoms with Crippen LogP contribution in [0.2, 0.25) is 10.0 Å². The fourth-order valence-corrected chi connectivity index (χ4v) is 1.43. The van der Waals surface area contributed by atoms with Crippen LogP contribution in [0.15, 0.2) is 12.1 Å². The van der Waals surface area contributed by atoms with E-state index in [1.54, 1.807) is 0 Å². The summed E-state index contributed by atoms with van der Waals surface area (Å²) in [6, 6.07) is 3.92. The van der Waals surface area contributed by atoms with E-state index in [2.05, 4.69) is 6.92 Å². The molecule has 2 heteroatoms. The molecule has 0 unspecified atom stereocenters. The van der Waals surface area contributed by atoms with Gasteiger partial charge in [-0.15, -0.1) is 0 Å². The molecule has 0 aromatic heterocycles. The van der Waals surface area contributed by atoms with Crippen molar-refractivity contribution in [3.63, 3.8) is 0 Å². The second kappa shape index (κ2) is 3.46. The first-order chi connectivity index (χ1) is 5.15. The molecule has 1 rings (SSSR count). The molecular weight excluding hydrogens is 179 g/mol. The summed E-state index contributed by atoms with van der Waals surface area (Å²) in [5, 5.41) is 1.52. The van der Waals surface area contributed by atoms with Crippen LogP contribution in [0.4, 0.5) is 0 Å². The Kier molecular flexibility index (Phi) is 2.80. The molecular formula is C9H10Cl2. The van der Waals surface area contributed by atoms with E-state index in [1.807, 2.05) is 19.1 Å². The second-order valence-corrected chi connectivity index (χ2v) is 3.35. The molecule has 0 radical (unpaired) electrons. The van der Waals surface area contributed by atoms with Gasteiger partial charge in [0.1, 0.15) is 0 Å². The van der Waals surface area contributed by atoms with Crippen molar-refractivity contribution in [1.82, 2.24) is 0 Å². The van der Waals surface area contributed by atoms with Crippen molar-refractivity contribution in [3.05, 3.63) is 33.3 Å². The standard InChI is InChI=1S/C9H10Cl2/c1-3-7-4-8(10)6(2)9(11)5-7/h4-5H,3H2,1-2H3. The number of hydrogen-bond acceptors (Lipinski definition) is 0. The Labute approximate surface area is 77.1 Å². The summed E-state index contributed by atoms with van der Waals surface area (Å²) >= 11 is 11.8. The van der Waals surface area contributed by atoms with Gasteiger partial charge in [0, 0.05) is 10.0 Å². The molecule has 0 amide bonds. The number of halogens is 2. The molecule has 0 saturated carbocycles. The highest BCUT2D eigenvalue weighted by Crippen LogP contribution is 2.25. The van der Waals surface area contributed by atoms with E-state index >= 15 is 0 Å². The Balaban J connectivity index is 3.21. The zero-order valence-corrected chi connectivity index (χ0v) is 8.13. The van der Waals surface area contributed by atoms with Gasteiger partial charge in [-0.25, -0.2) is 0 Å². The largest absolute Gasteiger partial charge is 0.0840 e. The smallest absolute Gasteiger partial charge is 0.0452 e. The lowest BCUT2D eigenvalue weighted by molar-refractivity contribution is 1.14. The first-order valence-electron chi connectivity index (χ1n) is 3.59. The van der Waals surface area contributed by atoms with Crippen molar-refractivity contribution in [2.24, 2.45) is 0 Å². The van der Waals surface area contributed by atoms with Gasteiger partial charge < -0.3 is 0 Å². The molecule has 0 atom stereocenters. The van der Waals surface area contributed by atoms with E-state index in [0.29, 0.717) is 0 Å². The molecule has 11 heavy (non-hydrogen) atoms. The average molecular weight is 189 g/mol. The van der Waals surface area contributed by atoms with Crippen molar-refractivity contribution in [1.29, 1.82) is 0 Å².